The summed E-state index contributed by atoms with van der Waals surface area (Å²) in [6.07, 6.45) is 1.30. The molecule has 0 aliphatic carbocycles. The molecule has 1 aliphatic rings. The smallest absolute Gasteiger partial charge is 0.120 e. The monoisotopic (exact) mass is 251 g/mol. The van der Waals surface area contributed by atoms with Crippen LogP contribution in [-0.4, -0.2) is 42.9 Å². The first-order valence-corrected chi connectivity index (χ1v) is 6.29. The third-order valence-corrected chi connectivity index (χ3v) is 3.61. The number of likely N-dealkylation sites (N-methyl/N-ethyl adjacent to an activating group) is 1. The number of phenolic OH excluding ortho intramolecular Hbond substituents is 1. The lowest BCUT2D eigenvalue weighted by Crippen LogP contribution is -2.36. The Kier molecular flexibility index (Phi) is 4.09. The van der Waals surface area contributed by atoms with E-state index in [1.54, 1.807) is 19.2 Å². The van der Waals surface area contributed by atoms with Crippen molar-refractivity contribution >= 4 is 0 Å². The minimum Gasteiger partial charge on any atom is -0.508 e. The molecule has 1 aromatic rings. The molecule has 100 valence electrons. The molecule has 0 saturated carbocycles. The maximum Gasteiger partial charge on any atom is 0.120 e. The largest absolute Gasteiger partial charge is 0.508 e. The summed E-state index contributed by atoms with van der Waals surface area (Å²) in [5, 5.41) is 9.87. The number of aromatic hydroxyl groups is 1. The second kappa shape index (κ2) is 5.59. The standard InChI is InChI=1S/C14H21NO3/c1-10-13(6-7-18-10)15(2)9-11-8-12(17-3)4-5-14(11)16/h4-5,8,10,13,16H,6-7,9H2,1-3H3. The molecule has 0 bridgehead atoms. The number of hydrogen-bond donors (Lipinski definition) is 1. The van der Waals surface area contributed by atoms with Gasteiger partial charge in [0.25, 0.3) is 0 Å². The van der Waals surface area contributed by atoms with Gasteiger partial charge in [0.2, 0.25) is 0 Å². The Morgan fingerprint density at radius 1 is 1.50 bits per heavy atom. The van der Waals surface area contributed by atoms with Crippen molar-refractivity contribution in [3.8, 4) is 11.5 Å². The molecule has 4 heteroatoms. The second-order valence-corrected chi connectivity index (χ2v) is 4.84. The summed E-state index contributed by atoms with van der Waals surface area (Å²) < 4.78 is 10.8. The average Bonchev–Trinajstić information content (AvgIpc) is 2.78. The normalized spacial score (nSPS) is 23.6. The van der Waals surface area contributed by atoms with Gasteiger partial charge in [-0.2, -0.15) is 0 Å². The van der Waals surface area contributed by atoms with Gasteiger partial charge in [0.15, 0.2) is 0 Å². The fourth-order valence-corrected chi connectivity index (χ4v) is 2.50. The summed E-state index contributed by atoms with van der Waals surface area (Å²) in [5.74, 6) is 1.08. The average molecular weight is 251 g/mol. The van der Waals surface area contributed by atoms with Gasteiger partial charge in [-0.3, -0.25) is 4.90 Å². The quantitative estimate of drug-likeness (QED) is 0.889. The highest BCUT2D eigenvalue weighted by molar-refractivity contribution is 5.39. The molecule has 1 aromatic carbocycles. The molecule has 1 N–H and O–H groups in total. The van der Waals surface area contributed by atoms with E-state index in [4.69, 9.17) is 9.47 Å². The van der Waals surface area contributed by atoms with Gasteiger partial charge in [0.1, 0.15) is 11.5 Å². The zero-order chi connectivity index (χ0) is 13.1. The zero-order valence-corrected chi connectivity index (χ0v) is 11.2. The van der Waals surface area contributed by atoms with Gasteiger partial charge in [-0.25, -0.2) is 0 Å². The van der Waals surface area contributed by atoms with Gasteiger partial charge in [-0.1, -0.05) is 0 Å². The molecular weight excluding hydrogens is 230 g/mol. The molecule has 4 nitrogen and oxygen atoms in total. The van der Waals surface area contributed by atoms with E-state index in [2.05, 4.69) is 18.9 Å². The fraction of sp³-hybridized carbons (Fsp3) is 0.571. The Bertz CT molecular complexity index is 408. The fourth-order valence-electron chi connectivity index (χ4n) is 2.50. The summed E-state index contributed by atoms with van der Waals surface area (Å²) in [7, 11) is 3.70. The topological polar surface area (TPSA) is 41.9 Å². The number of rotatable bonds is 4. The van der Waals surface area contributed by atoms with E-state index < -0.39 is 0 Å². The number of nitrogens with zero attached hydrogens (tertiary/aromatic N) is 1. The molecule has 1 fully saturated rings. The van der Waals surface area contributed by atoms with Crippen LogP contribution in [0.4, 0.5) is 0 Å². The van der Waals surface area contributed by atoms with Crippen molar-refractivity contribution < 1.29 is 14.6 Å². The van der Waals surface area contributed by atoms with Gasteiger partial charge in [0.05, 0.1) is 13.2 Å². The molecule has 18 heavy (non-hydrogen) atoms. The van der Waals surface area contributed by atoms with Crippen LogP contribution in [0.3, 0.4) is 0 Å². The van der Waals surface area contributed by atoms with Crippen LogP contribution in [0.5, 0.6) is 11.5 Å². The van der Waals surface area contributed by atoms with Crippen molar-refractivity contribution in [2.75, 3.05) is 20.8 Å². The van der Waals surface area contributed by atoms with Crippen molar-refractivity contribution in [1.29, 1.82) is 0 Å². The summed E-state index contributed by atoms with van der Waals surface area (Å²) in [4.78, 5) is 2.23. The van der Waals surface area contributed by atoms with E-state index in [1.165, 1.54) is 0 Å². The van der Waals surface area contributed by atoms with E-state index in [-0.39, 0.29) is 6.10 Å². The number of benzene rings is 1. The summed E-state index contributed by atoms with van der Waals surface area (Å²) in [6.45, 7) is 3.61. The minimum atomic E-state index is 0.253. The first kappa shape index (κ1) is 13.2. The Labute approximate surface area is 108 Å². The Balaban J connectivity index is 2.08. The van der Waals surface area contributed by atoms with Crippen molar-refractivity contribution in [2.24, 2.45) is 0 Å². The van der Waals surface area contributed by atoms with Crippen LogP contribution in [0, 0.1) is 0 Å². The molecule has 1 heterocycles. The molecule has 2 unspecified atom stereocenters. The molecule has 0 radical (unpaired) electrons. The maximum absolute atomic E-state index is 9.87. The maximum atomic E-state index is 9.87. The van der Waals surface area contributed by atoms with E-state index in [0.29, 0.717) is 18.3 Å². The Hall–Kier alpha value is -1.26. The molecule has 0 amide bonds. The van der Waals surface area contributed by atoms with E-state index in [0.717, 1.165) is 24.3 Å². The summed E-state index contributed by atoms with van der Waals surface area (Å²) in [5.41, 5.74) is 0.885. The van der Waals surface area contributed by atoms with Crippen LogP contribution in [0.1, 0.15) is 18.9 Å². The van der Waals surface area contributed by atoms with Crippen LogP contribution in [-0.2, 0) is 11.3 Å². The zero-order valence-electron chi connectivity index (χ0n) is 11.2. The number of methoxy groups -OCH3 is 1. The molecule has 1 aliphatic heterocycles. The number of phenols is 1. The second-order valence-electron chi connectivity index (χ2n) is 4.84. The van der Waals surface area contributed by atoms with Crippen molar-refractivity contribution in [3.63, 3.8) is 0 Å². The van der Waals surface area contributed by atoms with Gasteiger partial charge in [0, 0.05) is 24.8 Å². The van der Waals surface area contributed by atoms with Crippen LogP contribution >= 0.6 is 0 Å². The highest BCUT2D eigenvalue weighted by Crippen LogP contribution is 2.26. The molecular formula is C14H21NO3. The molecule has 2 atom stereocenters. The third-order valence-electron chi connectivity index (χ3n) is 3.61. The first-order valence-electron chi connectivity index (χ1n) is 6.29. The van der Waals surface area contributed by atoms with Crippen LogP contribution < -0.4 is 4.74 Å². The molecule has 0 aromatic heterocycles. The highest BCUT2D eigenvalue weighted by atomic mass is 16.5. The van der Waals surface area contributed by atoms with E-state index >= 15 is 0 Å². The van der Waals surface area contributed by atoms with Crippen molar-refractivity contribution in [1.82, 2.24) is 4.90 Å². The molecule has 0 spiro atoms. The van der Waals surface area contributed by atoms with Crippen LogP contribution in [0.25, 0.3) is 0 Å². The van der Waals surface area contributed by atoms with Crippen molar-refractivity contribution in [2.45, 2.75) is 32.0 Å². The number of ether oxygens (including phenoxy) is 2. The highest BCUT2D eigenvalue weighted by Gasteiger charge is 2.28. The van der Waals surface area contributed by atoms with E-state index in [9.17, 15) is 5.11 Å². The van der Waals surface area contributed by atoms with Crippen LogP contribution in [0.15, 0.2) is 18.2 Å². The van der Waals surface area contributed by atoms with Gasteiger partial charge < -0.3 is 14.6 Å². The van der Waals surface area contributed by atoms with Crippen LogP contribution in [0.2, 0.25) is 0 Å². The van der Waals surface area contributed by atoms with Crippen molar-refractivity contribution in [3.05, 3.63) is 23.8 Å². The first-order chi connectivity index (χ1) is 8.61. The lowest BCUT2D eigenvalue weighted by atomic mass is 10.1. The summed E-state index contributed by atoms with van der Waals surface area (Å²) >= 11 is 0. The van der Waals surface area contributed by atoms with Gasteiger partial charge in [-0.15, -0.1) is 0 Å². The molecule has 1 saturated heterocycles. The van der Waals surface area contributed by atoms with Gasteiger partial charge >= 0.3 is 0 Å². The van der Waals surface area contributed by atoms with Gasteiger partial charge in [-0.05, 0) is 38.6 Å². The summed E-state index contributed by atoms with van der Waals surface area (Å²) in [6, 6.07) is 5.74. The van der Waals surface area contributed by atoms with E-state index in [1.807, 2.05) is 6.07 Å². The lowest BCUT2D eigenvalue weighted by Gasteiger charge is -2.26. The Morgan fingerprint density at radius 2 is 2.28 bits per heavy atom. The predicted octanol–water partition coefficient (Wildman–Crippen LogP) is 2.01. The predicted molar refractivity (Wildman–Crippen MR) is 69.9 cm³/mol. The Morgan fingerprint density at radius 3 is 2.89 bits per heavy atom. The SMILES string of the molecule is COc1ccc(O)c(CN(C)C2CCOC2C)c1. The number of hydrogen-bond acceptors (Lipinski definition) is 4. The minimum absolute atomic E-state index is 0.253. The third kappa shape index (κ3) is 2.76. The lowest BCUT2D eigenvalue weighted by molar-refractivity contribution is 0.0811. The molecule has 2 rings (SSSR count).